The molecule has 57 heavy (non-hydrogen) atoms. The molecular weight excluding hydrogens is 699 g/mol. The van der Waals surface area contributed by atoms with Gasteiger partial charge in [0.25, 0.3) is 0 Å². The van der Waals surface area contributed by atoms with Crippen molar-refractivity contribution in [2.75, 3.05) is 0 Å². The van der Waals surface area contributed by atoms with Gasteiger partial charge in [0, 0.05) is 38.1 Å². The molecule has 12 aromatic rings. The molecule has 0 bridgehead atoms. The average Bonchev–Trinajstić information content (AvgIpc) is 4.05. The van der Waals surface area contributed by atoms with Crippen molar-refractivity contribution >= 4 is 65.6 Å². The molecule has 6 heteroatoms. The van der Waals surface area contributed by atoms with Gasteiger partial charge in [-0.2, -0.15) is 9.97 Å². The van der Waals surface area contributed by atoms with Crippen molar-refractivity contribution in [3.8, 4) is 45.5 Å². The van der Waals surface area contributed by atoms with Gasteiger partial charge in [0.2, 0.25) is 5.95 Å². The Balaban J connectivity index is 1.36. The van der Waals surface area contributed by atoms with Gasteiger partial charge in [-0.1, -0.05) is 151 Å². The molecule has 0 spiro atoms. The highest BCUT2D eigenvalue weighted by Gasteiger charge is 2.25. The van der Waals surface area contributed by atoms with Crippen LogP contribution in [-0.4, -0.2) is 24.1 Å². The summed E-state index contributed by atoms with van der Waals surface area (Å²) in [6.07, 6.45) is 0. The number of rotatable bonds is 5. The van der Waals surface area contributed by atoms with E-state index in [-0.39, 0.29) is 61.2 Å². The molecule has 0 radical (unpaired) electrons. The van der Waals surface area contributed by atoms with Crippen LogP contribution in [0.2, 0.25) is 0 Å². The van der Waals surface area contributed by atoms with E-state index in [0.717, 1.165) is 11.1 Å². The Kier molecular flexibility index (Phi) is 5.02. The summed E-state index contributed by atoms with van der Waals surface area (Å²) < 4.78 is 103. The standard InChI is InChI=1S/C51H31N5O/c1-4-15-32(16-5-1)35-27-30-44-40(31-35)46-43(25-14-26-45(46)57-44)55-41-23-12-10-21-36(41)38-28-29-39-37-22-11-13-24-42(37)56(48(39)47(38)55)51-53-49(33-17-6-2-7-18-33)52-50(54-51)34-19-8-3-9-20-34/h1-31H/i10D,11D,12D,13D,21D,22D,23D,24D,28D,29D. The zero-order chi connectivity index (χ0) is 46.2. The first-order valence-corrected chi connectivity index (χ1v) is 18.3. The maximum atomic E-state index is 9.79. The Morgan fingerprint density at radius 1 is 0.421 bits per heavy atom. The molecule has 0 amide bonds. The van der Waals surface area contributed by atoms with E-state index in [1.165, 1.54) is 4.57 Å². The summed E-state index contributed by atoms with van der Waals surface area (Å²) in [5.74, 6) is 0.402. The maximum absolute atomic E-state index is 9.79. The molecule has 266 valence electrons. The van der Waals surface area contributed by atoms with Crippen molar-refractivity contribution in [2.45, 2.75) is 0 Å². The molecule has 0 saturated heterocycles. The Morgan fingerprint density at radius 2 is 0.982 bits per heavy atom. The van der Waals surface area contributed by atoms with Gasteiger partial charge in [-0.05, 0) is 47.5 Å². The first-order chi connectivity index (χ1) is 32.4. The summed E-state index contributed by atoms with van der Waals surface area (Å²) in [7, 11) is 0. The number of benzene rings is 8. The van der Waals surface area contributed by atoms with Gasteiger partial charge in [0.05, 0.1) is 46.8 Å². The lowest BCUT2D eigenvalue weighted by molar-refractivity contribution is 0.669. The van der Waals surface area contributed by atoms with E-state index in [2.05, 4.69) is 0 Å². The lowest BCUT2D eigenvalue weighted by Crippen LogP contribution is -2.07. The molecule has 6 nitrogen and oxygen atoms in total. The number of para-hydroxylation sites is 2. The summed E-state index contributed by atoms with van der Waals surface area (Å²) in [6, 6.07) is 34.6. The van der Waals surface area contributed by atoms with E-state index >= 15 is 0 Å². The van der Waals surface area contributed by atoms with Gasteiger partial charge in [0.15, 0.2) is 11.6 Å². The third-order valence-corrected chi connectivity index (χ3v) is 10.4. The molecule has 0 N–H and O–H groups in total. The van der Waals surface area contributed by atoms with Gasteiger partial charge in [0.1, 0.15) is 11.2 Å². The van der Waals surface area contributed by atoms with Crippen LogP contribution in [0.4, 0.5) is 0 Å². The van der Waals surface area contributed by atoms with Crippen LogP contribution in [0.3, 0.4) is 0 Å². The van der Waals surface area contributed by atoms with Crippen molar-refractivity contribution < 1.29 is 18.1 Å². The van der Waals surface area contributed by atoms with Crippen LogP contribution in [0.25, 0.3) is 111 Å². The Morgan fingerprint density at radius 3 is 1.61 bits per heavy atom. The summed E-state index contributed by atoms with van der Waals surface area (Å²) in [5.41, 5.74) is 4.63. The van der Waals surface area contributed by atoms with E-state index in [4.69, 9.17) is 24.9 Å². The van der Waals surface area contributed by atoms with Gasteiger partial charge < -0.3 is 8.98 Å². The minimum atomic E-state index is -0.558. The van der Waals surface area contributed by atoms with E-state index in [1.54, 1.807) is 22.8 Å². The third-order valence-electron chi connectivity index (χ3n) is 10.4. The smallest absolute Gasteiger partial charge is 0.238 e. The largest absolute Gasteiger partial charge is 0.456 e. The summed E-state index contributed by atoms with van der Waals surface area (Å²) in [5, 5.41) is 1.14. The van der Waals surface area contributed by atoms with E-state index < -0.39 is 60.4 Å². The second-order valence-electron chi connectivity index (χ2n) is 13.7. The fourth-order valence-electron chi connectivity index (χ4n) is 7.95. The molecule has 0 unspecified atom stereocenters. The lowest BCUT2D eigenvalue weighted by atomic mass is 10.0. The highest BCUT2D eigenvalue weighted by atomic mass is 16.3. The first-order valence-electron chi connectivity index (χ1n) is 23.3. The molecular formula is C51H31N5O. The maximum Gasteiger partial charge on any atom is 0.238 e. The first kappa shape index (κ1) is 23.2. The predicted molar refractivity (Wildman–Crippen MR) is 232 cm³/mol. The zero-order valence-corrected chi connectivity index (χ0v) is 29.8. The second kappa shape index (κ2) is 12.3. The zero-order valence-electron chi connectivity index (χ0n) is 39.8. The number of hydrogen-bond donors (Lipinski definition) is 0. The molecule has 8 aromatic carbocycles. The quantitative estimate of drug-likeness (QED) is 0.176. The SMILES string of the molecule is [2H]c1c([2H])c([2H])c2c(c1[2H])c1c([2H])c([2H])c3c4c([2H])c([2H])c([2H])c([2H])c4n(-c4cccc5oc6ccc(-c7ccccc7)cc6c45)c3c1n2-c1nc(-c2ccccc2)nc(-c2ccccc2)n1. The number of nitrogens with zero attached hydrogens (tertiary/aromatic N) is 5. The molecule has 0 atom stereocenters. The molecule has 4 aromatic heterocycles. The molecule has 0 aliphatic rings. The Bertz CT molecular complexity index is 4040. The highest BCUT2D eigenvalue weighted by Crippen LogP contribution is 2.44. The van der Waals surface area contributed by atoms with E-state index in [0.29, 0.717) is 38.8 Å². The highest BCUT2D eigenvalue weighted by molar-refractivity contribution is 6.24. The molecule has 0 saturated carbocycles. The van der Waals surface area contributed by atoms with Crippen LogP contribution in [0.1, 0.15) is 13.7 Å². The van der Waals surface area contributed by atoms with Crippen LogP contribution in [0.15, 0.2) is 192 Å². The number of fused-ring (bicyclic) bond motifs is 10. The van der Waals surface area contributed by atoms with Crippen molar-refractivity contribution in [1.82, 2.24) is 24.1 Å². The normalized spacial score (nSPS) is 14.3. The molecule has 0 aliphatic heterocycles. The fraction of sp³-hybridized carbons (Fsp3) is 0. The van der Waals surface area contributed by atoms with Crippen LogP contribution in [0, 0.1) is 0 Å². The van der Waals surface area contributed by atoms with Crippen LogP contribution < -0.4 is 0 Å². The summed E-state index contributed by atoms with van der Waals surface area (Å²) in [6.45, 7) is 0. The molecule has 4 heterocycles. The lowest BCUT2D eigenvalue weighted by Gasteiger charge is -2.14. The third kappa shape index (κ3) is 4.81. The van der Waals surface area contributed by atoms with E-state index in [9.17, 15) is 8.22 Å². The topological polar surface area (TPSA) is 61.7 Å². The molecule has 0 fully saturated rings. The van der Waals surface area contributed by atoms with Crippen LogP contribution >= 0.6 is 0 Å². The van der Waals surface area contributed by atoms with Gasteiger partial charge in [-0.3, -0.25) is 4.57 Å². The van der Waals surface area contributed by atoms with Gasteiger partial charge >= 0.3 is 0 Å². The summed E-state index contributed by atoms with van der Waals surface area (Å²) in [4.78, 5) is 14.9. The fourth-order valence-corrected chi connectivity index (χ4v) is 7.95. The predicted octanol–water partition coefficient (Wildman–Crippen LogP) is 13.0. The van der Waals surface area contributed by atoms with Gasteiger partial charge in [-0.25, -0.2) is 4.98 Å². The number of aromatic nitrogens is 5. The van der Waals surface area contributed by atoms with Crippen LogP contribution in [0.5, 0.6) is 0 Å². The van der Waals surface area contributed by atoms with Crippen molar-refractivity contribution in [1.29, 1.82) is 0 Å². The van der Waals surface area contributed by atoms with Crippen LogP contribution in [-0.2, 0) is 0 Å². The number of furan rings is 1. The molecule has 0 aliphatic carbocycles. The van der Waals surface area contributed by atoms with Crippen molar-refractivity contribution in [3.05, 3.63) is 188 Å². The minimum absolute atomic E-state index is 0.00409. The Hall–Kier alpha value is -7.83. The monoisotopic (exact) mass is 739 g/mol. The second-order valence-corrected chi connectivity index (χ2v) is 13.7. The summed E-state index contributed by atoms with van der Waals surface area (Å²) >= 11 is 0. The molecule has 12 rings (SSSR count). The average molecular weight is 740 g/mol. The Labute approximate surface area is 340 Å². The van der Waals surface area contributed by atoms with Gasteiger partial charge in [-0.15, -0.1) is 0 Å². The van der Waals surface area contributed by atoms with E-state index in [1.807, 2.05) is 109 Å². The number of hydrogen-bond acceptors (Lipinski definition) is 4. The minimum Gasteiger partial charge on any atom is -0.456 e. The van der Waals surface area contributed by atoms with Crippen molar-refractivity contribution in [3.63, 3.8) is 0 Å². The van der Waals surface area contributed by atoms with Crippen molar-refractivity contribution in [2.24, 2.45) is 0 Å².